The number of rotatable bonds is 3. The average Bonchev–Trinajstić information content (AvgIpc) is 2.73. The molecule has 2 heterocycles. The van der Waals surface area contributed by atoms with Crippen LogP contribution in [0.15, 0.2) is 0 Å². The maximum Gasteiger partial charge on any atom is 0.0686 e. The van der Waals surface area contributed by atoms with Gasteiger partial charge in [-0.05, 0) is 45.2 Å². The van der Waals surface area contributed by atoms with Crippen molar-refractivity contribution in [3.8, 4) is 12.3 Å². The van der Waals surface area contributed by atoms with Crippen molar-refractivity contribution in [1.29, 1.82) is 0 Å². The Labute approximate surface area is 93.4 Å². The zero-order valence-corrected chi connectivity index (χ0v) is 9.71. The fourth-order valence-corrected chi connectivity index (χ4v) is 2.94. The highest BCUT2D eigenvalue weighted by Crippen LogP contribution is 2.26. The van der Waals surface area contributed by atoms with Crippen LogP contribution in [0.25, 0.3) is 0 Å². The van der Waals surface area contributed by atoms with Gasteiger partial charge in [-0.1, -0.05) is 12.8 Å². The van der Waals surface area contributed by atoms with Crippen LogP contribution in [-0.4, -0.2) is 36.1 Å². The third kappa shape index (κ3) is 2.53. The van der Waals surface area contributed by atoms with Gasteiger partial charge in [-0.15, -0.1) is 6.42 Å². The van der Waals surface area contributed by atoms with Crippen LogP contribution in [0.1, 0.15) is 39.0 Å². The predicted octanol–water partition coefficient (Wildman–Crippen LogP) is 1.61. The molecule has 1 N–H and O–H groups in total. The number of nitrogens with one attached hydrogen (secondary N) is 1. The molecule has 0 aromatic heterocycles. The van der Waals surface area contributed by atoms with Gasteiger partial charge in [0.25, 0.3) is 0 Å². The van der Waals surface area contributed by atoms with E-state index >= 15 is 0 Å². The summed E-state index contributed by atoms with van der Waals surface area (Å²) in [5.41, 5.74) is 0. The zero-order valence-electron chi connectivity index (χ0n) is 9.71. The van der Waals surface area contributed by atoms with Gasteiger partial charge in [0.15, 0.2) is 0 Å². The molecule has 2 heteroatoms. The molecule has 3 unspecified atom stereocenters. The van der Waals surface area contributed by atoms with Gasteiger partial charge >= 0.3 is 0 Å². The largest absolute Gasteiger partial charge is 0.301 e. The molecule has 2 nitrogen and oxygen atoms in total. The number of terminal acetylenes is 1. The summed E-state index contributed by atoms with van der Waals surface area (Å²) in [6.45, 7) is 4.75. The molecule has 15 heavy (non-hydrogen) atoms. The van der Waals surface area contributed by atoms with Gasteiger partial charge in [-0.25, -0.2) is 0 Å². The lowest BCUT2D eigenvalue weighted by Crippen LogP contribution is -2.48. The minimum Gasteiger partial charge on any atom is -0.301 e. The Bertz CT molecular complexity index is 243. The highest BCUT2D eigenvalue weighted by molar-refractivity contribution is 5.00. The first-order valence-corrected chi connectivity index (χ1v) is 6.29. The lowest BCUT2D eigenvalue weighted by molar-refractivity contribution is 0.164. The highest BCUT2D eigenvalue weighted by Gasteiger charge is 2.31. The minimum absolute atomic E-state index is 0.281. The van der Waals surface area contributed by atoms with Crippen LogP contribution in [0.4, 0.5) is 0 Å². The van der Waals surface area contributed by atoms with E-state index in [1.807, 2.05) is 0 Å². The SMILES string of the molecule is C#CC(CC)NC1CCN2CCCC2C1. The Morgan fingerprint density at radius 2 is 2.33 bits per heavy atom. The van der Waals surface area contributed by atoms with E-state index in [9.17, 15) is 0 Å². The summed E-state index contributed by atoms with van der Waals surface area (Å²) in [7, 11) is 0. The van der Waals surface area contributed by atoms with Gasteiger partial charge in [-0.2, -0.15) is 0 Å². The van der Waals surface area contributed by atoms with Crippen LogP contribution < -0.4 is 5.32 Å². The van der Waals surface area contributed by atoms with E-state index in [1.54, 1.807) is 0 Å². The highest BCUT2D eigenvalue weighted by atomic mass is 15.2. The Balaban J connectivity index is 1.82. The first-order valence-electron chi connectivity index (χ1n) is 6.29. The fraction of sp³-hybridized carbons (Fsp3) is 0.846. The molecule has 84 valence electrons. The summed E-state index contributed by atoms with van der Waals surface area (Å²) in [4.78, 5) is 2.65. The quantitative estimate of drug-likeness (QED) is 0.706. The van der Waals surface area contributed by atoms with Crippen molar-refractivity contribution < 1.29 is 0 Å². The Hall–Kier alpha value is -0.520. The molecule has 0 radical (unpaired) electrons. The summed E-state index contributed by atoms with van der Waals surface area (Å²) in [6.07, 6.45) is 11.9. The first kappa shape index (κ1) is 11.0. The Kier molecular flexibility index (Phi) is 3.66. The molecule has 0 aliphatic carbocycles. The second kappa shape index (κ2) is 5.01. The van der Waals surface area contributed by atoms with Crippen LogP contribution in [0.3, 0.4) is 0 Å². The Morgan fingerprint density at radius 3 is 3.07 bits per heavy atom. The predicted molar refractivity (Wildman–Crippen MR) is 63.7 cm³/mol. The van der Waals surface area contributed by atoms with Gasteiger partial charge < -0.3 is 10.2 Å². The summed E-state index contributed by atoms with van der Waals surface area (Å²) in [5.74, 6) is 2.83. The van der Waals surface area contributed by atoms with Crippen LogP contribution >= 0.6 is 0 Å². The lowest BCUT2D eigenvalue weighted by atomic mass is 9.96. The second-order valence-corrected chi connectivity index (χ2v) is 4.85. The molecule has 2 rings (SSSR count). The van der Waals surface area contributed by atoms with E-state index in [4.69, 9.17) is 6.42 Å². The summed E-state index contributed by atoms with van der Waals surface area (Å²) in [5, 5.41) is 3.61. The number of hydrogen-bond acceptors (Lipinski definition) is 2. The summed E-state index contributed by atoms with van der Waals surface area (Å²) < 4.78 is 0. The normalized spacial score (nSPS) is 33.3. The van der Waals surface area contributed by atoms with Gasteiger partial charge in [-0.3, -0.25) is 0 Å². The van der Waals surface area contributed by atoms with E-state index in [0.717, 1.165) is 12.5 Å². The van der Waals surface area contributed by atoms with Crippen LogP contribution in [0.5, 0.6) is 0 Å². The third-order valence-electron chi connectivity index (χ3n) is 3.87. The molecule has 0 amide bonds. The van der Waals surface area contributed by atoms with Crippen molar-refractivity contribution in [2.75, 3.05) is 13.1 Å². The lowest BCUT2D eigenvalue weighted by Gasteiger charge is -2.36. The maximum atomic E-state index is 5.48. The zero-order chi connectivity index (χ0) is 10.7. The average molecular weight is 206 g/mol. The fourth-order valence-electron chi connectivity index (χ4n) is 2.94. The van der Waals surface area contributed by atoms with E-state index in [-0.39, 0.29) is 6.04 Å². The Morgan fingerprint density at radius 1 is 1.47 bits per heavy atom. The third-order valence-corrected chi connectivity index (χ3v) is 3.87. The van der Waals surface area contributed by atoms with Crippen molar-refractivity contribution in [2.45, 2.75) is 57.2 Å². The van der Waals surface area contributed by atoms with Gasteiger partial charge in [0, 0.05) is 12.1 Å². The maximum absolute atomic E-state index is 5.48. The van der Waals surface area contributed by atoms with Gasteiger partial charge in [0.1, 0.15) is 0 Å². The van der Waals surface area contributed by atoms with Gasteiger partial charge in [0.2, 0.25) is 0 Å². The van der Waals surface area contributed by atoms with Crippen LogP contribution in [0.2, 0.25) is 0 Å². The summed E-state index contributed by atoms with van der Waals surface area (Å²) >= 11 is 0. The van der Waals surface area contributed by atoms with Crippen molar-refractivity contribution >= 4 is 0 Å². The first-order chi connectivity index (χ1) is 7.33. The molecular weight excluding hydrogens is 184 g/mol. The van der Waals surface area contributed by atoms with Gasteiger partial charge in [0.05, 0.1) is 6.04 Å². The molecule has 0 bridgehead atoms. The molecule has 2 aliphatic rings. The molecule has 2 fully saturated rings. The van der Waals surface area contributed by atoms with Crippen molar-refractivity contribution in [3.63, 3.8) is 0 Å². The van der Waals surface area contributed by atoms with E-state index < -0.39 is 0 Å². The van der Waals surface area contributed by atoms with Crippen molar-refractivity contribution in [1.82, 2.24) is 10.2 Å². The number of fused-ring (bicyclic) bond motifs is 1. The topological polar surface area (TPSA) is 15.3 Å². The molecule has 0 aromatic rings. The molecule has 3 atom stereocenters. The minimum atomic E-state index is 0.281. The summed E-state index contributed by atoms with van der Waals surface area (Å²) in [6, 6.07) is 1.78. The number of hydrogen-bond donors (Lipinski definition) is 1. The number of nitrogens with zero attached hydrogens (tertiary/aromatic N) is 1. The molecule has 0 aromatic carbocycles. The van der Waals surface area contributed by atoms with E-state index in [1.165, 1.54) is 38.8 Å². The van der Waals surface area contributed by atoms with Crippen LogP contribution in [0, 0.1) is 12.3 Å². The van der Waals surface area contributed by atoms with E-state index in [2.05, 4.69) is 23.1 Å². The number of piperidine rings is 1. The molecule has 2 aliphatic heterocycles. The monoisotopic (exact) mass is 206 g/mol. The van der Waals surface area contributed by atoms with E-state index in [0.29, 0.717) is 6.04 Å². The molecular formula is C13H22N2. The second-order valence-electron chi connectivity index (χ2n) is 4.85. The molecule has 2 saturated heterocycles. The smallest absolute Gasteiger partial charge is 0.0686 e. The molecule has 0 saturated carbocycles. The van der Waals surface area contributed by atoms with Crippen molar-refractivity contribution in [2.24, 2.45) is 0 Å². The van der Waals surface area contributed by atoms with Crippen molar-refractivity contribution in [3.05, 3.63) is 0 Å². The van der Waals surface area contributed by atoms with Crippen LogP contribution in [-0.2, 0) is 0 Å². The standard InChI is InChI=1S/C13H22N2/c1-3-11(4-2)14-12-7-9-15-8-5-6-13(15)10-12/h1,11-14H,4-10H2,2H3. The molecule has 0 spiro atoms.